The third-order valence-electron chi connectivity index (χ3n) is 4.02. The minimum absolute atomic E-state index is 0.0204. The van der Waals surface area contributed by atoms with Gasteiger partial charge in [-0.15, -0.1) is 0 Å². The summed E-state index contributed by atoms with van der Waals surface area (Å²) >= 11 is 0. The number of amides is 2. The van der Waals surface area contributed by atoms with Crippen LogP contribution in [0, 0.1) is 5.82 Å². The van der Waals surface area contributed by atoms with E-state index in [-0.39, 0.29) is 22.8 Å². The van der Waals surface area contributed by atoms with Crippen molar-refractivity contribution in [3.05, 3.63) is 88.1 Å². The third-order valence-corrected chi connectivity index (χ3v) is 5.47. The smallest absolute Gasteiger partial charge is 0.276 e. The molecule has 2 N–H and O–H groups in total. The summed E-state index contributed by atoms with van der Waals surface area (Å²) in [7, 11) is -3.99. The number of hydrogen-bond donors (Lipinski definition) is 2. The summed E-state index contributed by atoms with van der Waals surface area (Å²) in [5, 5.41) is 6.55. The molecule has 3 aromatic rings. The summed E-state index contributed by atoms with van der Waals surface area (Å²) in [6.45, 7) is 1.06. The molecule has 2 aromatic carbocycles. The van der Waals surface area contributed by atoms with Gasteiger partial charge in [-0.3, -0.25) is 14.4 Å². The Kier molecular flexibility index (Phi) is 6.25. The molecule has 0 aliphatic heterocycles. The van der Waals surface area contributed by atoms with Crippen LogP contribution in [0.2, 0.25) is 0 Å². The van der Waals surface area contributed by atoms with Crippen LogP contribution >= 0.6 is 0 Å². The summed E-state index contributed by atoms with van der Waals surface area (Å²) in [4.78, 5) is 35.4. The normalized spacial score (nSPS) is 11.0. The zero-order chi connectivity index (χ0) is 22.6. The number of halogens is 1. The van der Waals surface area contributed by atoms with Crippen molar-refractivity contribution < 1.29 is 22.4 Å². The lowest BCUT2D eigenvalue weighted by Crippen LogP contribution is -2.28. The molecule has 3 rings (SSSR count). The first-order valence-electron chi connectivity index (χ1n) is 8.91. The highest BCUT2D eigenvalue weighted by Gasteiger charge is 2.16. The molecule has 0 fully saturated rings. The van der Waals surface area contributed by atoms with Crippen LogP contribution < -0.4 is 15.6 Å². The zero-order valence-electron chi connectivity index (χ0n) is 16.2. The molecule has 0 aliphatic carbocycles. The molecule has 160 valence electrons. The fraction of sp³-hybridized carbons (Fsp3) is 0.100. The Morgan fingerprint density at radius 3 is 2.42 bits per heavy atom. The molecule has 31 heavy (non-hydrogen) atoms. The monoisotopic (exact) mass is 444 g/mol. The van der Waals surface area contributed by atoms with E-state index in [1.165, 1.54) is 54.6 Å². The largest absolute Gasteiger partial charge is 0.321 e. The van der Waals surface area contributed by atoms with Gasteiger partial charge < -0.3 is 5.32 Å². The van der Waals surface area contributed by atoms with Crippen LogP contribution in [0.15, 0.2) is 70.4 Å². The maximum atomic E-state index is 13.4. The molecule has 0 saturated heterocycles. The van der Waals surface area contributed by atoms with Crippen LogP contribution in [0.1, 0.15) is 23.0 Å². The van der Waals surface area contributed by atoms with Gasteiger partial charge in [0, 0.05) is 18.7 Å². The number of nitrogens with one attached hydrogen (secondary N) is 2. The highest BCUT2D eigenvalue weighted by atomic mass is 32.2. The molecule has 0 saturated carbocycles. The predicted molar refractivity (Wildman–Crippen MR) is 109 cm³/mol. The lowest BCUT2D eigenvalue weighted by molar-refractivity contribution is -0.117. The Labute approximate surface area is 176 Å². The van der Waals surface area contributed by atoms with Crippen LogP contribution in [0.5, 0.6) is 0 Å². The molecule has 0 bridgehead atoms. The number of carbonyl (C=O) groups excluding carboxylic acids is 2. The Hall–Kier alpha value is -3.86. The quantitative estimate of drug-likeness (QED) is 0.593. The van der Waals surface area contributed by atoms with E-state index in [4.69, 9.17) is 0 Å². The predicted octanol–water partition coefficient (Wildman–Crippen LogP) is 1.51. The first-order chi connectivity index (χ1) is 14.6. The van der Waals surface area contributed by atoms with E-state index in [1.807, 2.05) is 4.72 Å². The molecule has 1 heterocycles. The van der Waals surface area contributed by atoms with Gasteiger partial charge in [-0.05, 0) is 48.0 Å². The number of anilines is 1. The minimum atomic E-state index is -3.99. The topological polar surface area (TPSA) is 127 Å². The Balaban J connectivity index is 1.76. The number of nitrogens with zero attached hydrogens (tertiary/aromatic N) is 2. The highest BCUT2D eigenvalue weighted by molar-refractivity contribution is 7.90. The lowest BCUT2D eigenvalue weighted by Gasteiger charge is -2.09. The fourth-order valence-corrected chi connectivity index (χ4v) is 3.64. The second kappa shape index (κ2) is 8.88. The number of hydrogen-bond acceptors (Lipinski definition) is 6. The maximum Gasteiger partial charge on any atom is 0.276 e. The van der Waals surface area contributed by atoms with Crippen molar-refractivity contribution in [1.82, 2.24) is 14.5 Å². The summed E-state index contributed by atoms with van der Waals surface area (Å²) in [6.07, 6.45) is 0. The molecule has 0 aliphatic rings. The average Bonchev–Trinajstić information content (AvgIpc) is 2.69. The van der Waals surface area contributed by atoms with Crippen molar-refractivity contribution in [3.63, 3.8) is 0 Å². The van der Waals surface area contributed by atoms with E-state index in [2.05, 4.69) is 10.4 Å². The Bertz CT molecular complexity index is 1300. The third kappa shape index (κ3) is 5.60. The van der Waals surface area contributed by atoms with Gasteiger partial charge in [-0.2, -0.15) is 5.10 Å². The number of carbonyl (C=O) groups is 2. The molecular weight excluding hydrogens is 427 g/mol. The molecular formula is C20H17FN4O5S. The molecule has 1 aromatic heterocycles. The van der Waals surface area contributed by atoms with E-state index in [0.717, 1.165) is 11.6 Å². The van der Waals surface area contributed by atoms with Crippen LogP contribution in [0.3, 0.4) is 0 Å². The highest BCUT2D eigenvalue weighted by Crippen LogP contribution is 2.14. The Morgan fingerprint density at radius 2 is 1.77 bits per heavy atom. The second-order valence-electron chi connectivity index (χ2n) is 6.48. The summed E-state index contributed by atoms with van der Waals surface area (Å²) < 4.78 is 40.1. The SMILES string of the molecule is CC(=O)NS(=O)(=O)c1ccc(NC(=O)c2ccc(=O)n(Cc3cccc(F)c3)n2)cc1. The molecule has 0 unspecified atom stereocenters. The van der Waals surface area contributed by atoms with E-state index in [0.29, 0.717) is 5.56 Å². The number of aromatic nitrogens is 2. The summed E-state index contributed by atoms with van der Waals surface area (Å²) in [6, 6.07) is 13.2. The van der Waals surface area contributed by atoms with Gasteiger partial charge in [0.15, 0.2) is 0 Å². The molecule has 2 amide bonds. The van der Waals surface area contributed by atoms with E-state index >= 15 is 0 Å². The summed E-state index contributed by atoms with van der Waals surface area (Å²) in [5.41, 5.74) is 0.249. The van der Waals surface area contributed by atoms with Gasteiger partial charge >= 0.3 is 0 Å². The van der Waals surface area contributed by atoms with Gasteiger partial charge in [0.2, 0.25) is 5.91 Å². The lowest BCUT2D eigenvalue weighted by atomic mass is 10.2. The average molecular weight is 444 g/mol. The van der Waals surface area contributed by atoms with E-state index in [9.17, 15) is 27.2 Å². The van der Waals surface area contributed by atoms with Crippen molar-refractivity contribution in [3.8, 4) is 0 Å². The van der Waals surface area contributed by atoms with E-state index < -0.39 is 33.2 Å². The zero-order valence-corrected chi connectivity index (χ0v) is 17.0. The summed E-state index contributed by atoms with van der Waals surface area (Å²) in [5.74, 6) is -1.81. The fourth-order valence-electron chi connectivity index (χ4n) is 2.65. The molecule has 11 heteroatoms. The van der Waals surface area contributed by atoms with Crippen molar-refractivity contribution in [2.75, 3.05) is 5.32 Å². The van der Waals surface area contributed by atoms with Gasteiger partial charge in [-0.25, -0.2) is 22.2 Å². The minimum Gasteiger partial charge on any atom is -0.321 e. The first-order valence-corrected chi connectivity index (χ1v) is 10.4. The standard InChI is InChI=1S/C20H17FN4O5S/c1-13(26)24-31(29,30)17-7-5-16(6-8-17)22-20(28)18-9-10-19(27)25(23-18)12-14-3-2-4-15(21)11-14/h2-11H,12H2,1H3,(H,22,28)(H,24,26). The first kappa shape index (κ1) is 21.8. The van der Waals surface area contributed by atoms with Crippen molar-refractivity contribution in [2.24, 2.45) is 0 Å². The second-order valence-corrected chi connectivity index (χ2v) is 8.17. The van der Waals surface area contributed by atoms with Gasteiger partial charge in [-0.1, -0.05) is 12.1 Å². The van der Waals surface area contributed by atoms with Crippen LogP contribution in [-0.2, 0) is 21.4 Å². The van der Waals surface area contributed by atoms with Crippen molar-refractivity contribution in [2.45, 2.75) is 18.4 Å². The van der Waals surface area contributed by atoms with Crippen LogP contribution in [-0.4, -0.2) is 30.0 Å². The van der Waals surface area contributed by atoms with Gasteiger partial charge in [0.1, 0.15) is 11.5 Å². The number of sulfonamides is 1. The molecule has 0 atom stereocenters. The van der Waals surface area contributed by atoms with E-state index in [1.54, 1.807) is 6.07 Å². The van der Waals surface area contributed by atoms with Gasteiger partial charge in [0.25, 0.3) is 21.5 Å². The van der Waals surface area contributed by atoms with Gasteiger partial charge in [0.05, 0.1) is 11.4 Å². The van der Waals surface area contributed by atoms with Crippen LogP contribution in [0.4, 0.5) is 10.1 Å². The molecule has 0 radical (unpaired) electrons. The maximum absolute atomic E-state index is 13.4. The van der Waals surface area contributed by atoms with Crippen molar-refractivity contribution >= 4 is 27.5 Å². The molecule has 0 spiro atoms. The Morgan fingerprint density at radius 1 is 1.06 bits per heavy atom. The van der Waals surface area contributed by atoms with Crippen molar-refractivity contribution in [1.29, 1.82) is 0 Å². The number of rotatable bonds is 6. The van der Waals surface area contributed by atoms with Crippen LogP contribution in [0.25, 0.3) is 0 Å². The molecule has 9 nitrogen and oxygen atoms in total. The number of benzene rings is 2.